The predicted octanol–water partition coefficient (Wildman–Crippen LogP) is 9.23. The average molecular weight is 379 g/mol. The van der Waals surface area contributed by atoms with E-state index in [0.717, 1.165) is 0 Å². The summed E-state index contributed by atoms with van der Waals surface area (Å²) in [6.45, 7) is 9.26. The molecular weight excluding hydrogens is 331 g/mol. The van der Waals surface area contributed by atoms with Crippen LogP contribution in [0.15, 0.2) is 0 Å². The Kier molecular flexibility index (Phi) is 15.3. The van der Waals surface area contributed by atoms with E-state index in [1.165, 1.54) is 115 Å². The van der Waals surface area contributed by atoms with Gasteiger partial charge in [0.2, 0.25) is 0 Å². The number of rotatable bonds is 18. The zero-order valence-corrected chi connectivity index (χ0v) is 19.2. The number of unbranched alkanes of at least 4 members (excludes halogenated alkanes) is 13. The molecule has 0 aliphatic carbocycles. The second-order valence-electron chi connectivity index (χ2n) is 8.09. The van der Waals surface area contributed by atoms with Crippen molar-refractivity contribution in [3.63, 3.8) is 0 Å². The van der Waals surface area contributed by atoms with Gasteiger partial charge in [0.25, 0.3) is 0 Å². The van der Waals surface area contributed by atoms with Crippen molar-refractivity contribution in [1.82, 2.24) is 0 Å². The molecule has 0 heterocycles. The summed E-state index contributed by atoms with van der Waals surface area (Å²) in [6.07, 6.45) is 25.2. The first-order valence-electron chi connectivity index (χ1n) is 11.3. The molecule has 0 saturated heterocycles. The van der Waals surface area contributed by atoms with Gasteiger partial charge in [0.05, 0.1) is 0 Å². The van der Waals surface area contributed by atoms with Crippen molar-refractivity contribution in [3.8, 4) is 0 Å². The van der Waals surface area contributed by atoms with Gasteiger partial charge in [-0.15, -0.1) is 0 Å². The number of hydrogen-bond donors (Lipinski definition) is 0. The van der Waals surface area contributed by atoms with Crippen molar-refractivity contribution in [3.05, 3.63) is 0 Å². The predicted molar refractivity (Wildman–Crippen MR) is 120 cm³/mol. The van der Waals surface area contributed by atoms with Crippen LogP contribution in [0.5, 0.6) is 0 Å². The molecule has 0 amide bonds. The first-order valence-corrected chi connectivity index (χ1v) is 15.1. The Morgan fingerprint density at radius 3 is 1.04 bits per heavy atom. The quantitative estimate of drug-likeness (QED) is 0.164. The SMILES string of the molecule is CCCCCCCCCCCCCCCCP(Cl)(CC)(CC)CC. The third-order valence-electron chi connectivity index (χ3n) is 6.44. The molecule has 0 aromatic heterocycles. The summed E-state index contributed by atoms with van der Waals surface area (Å²) in [5.41, 5.74) is 0. The van der Waals surface area contributed by atoms with Gasteiger partial charge < -0.3 is 0 Å². The minimum absolute atomic E-state index is 1.23. The van der Waals surface area contributed by atoms with Crippen LogP contribution in [0.2, 0.25) is 0 Å². The average Bonchev–Trinajstić information content (AvgIpc) is 2.62. The third kappa shape index (κ3) is 11.4. The van der Waals surface area contributed by atoms with Gasteiger partial charge >= 0.3 is 133 Å². The summed E-state index contributed by atoms with van der Waals surface area (Å²) in [6, 6.07) is 0. The second kappa shape index (κ2) is 14.8. The molecule has 148 valence electrons. The fourth-order valence-electron chi connectivity index (χ4n) is 3.85. The molecule has 0 radical (unpaired) electrons. The molecule has 0 spiro atoms. The zero-order chi connectivity index (χ0) is 18.2. The van der Waals surface area contributed by atoms with E-state index in [1.54, 1.807) is 0 Å². The van der Waals surface area contributed by atoms with Crippen LogP contribution in [0.25, 0.3) is 0 Å². The van der Waals surface area contributed by atoms with Crippen molar-refractivity contribution < 1.29 is 0 Å². The first-order chi connectivity index (χ1) is 11.5. The van der Waals surface area contributed by atoms with Crippen molar-refractivity contribution in [2.24, 2.45) is 0 Å². The van der Waals surface area contributed by atoms with Gasteiger partial charge in [-0.1, -0.05) is 26.2 Å². The summed E-state index contributed by atoms with van der Waals surface area (Å²) < 4.78 is 0. The van der Waals surface area contributed by atoms with E-state index in [4.69, 9.17) is 11.2 Å². The summed E-state index contributed by atoms with van der Waals surface area (Å²) in [5.74, 6) is -1.82. The van der Waals surface area contributed by atoms with Gasteiger partial charge in [-0.2, -0.15) is 0 Å². The summed E-state index contributed by atoms with van der Waals surface area (Å²) in [4.78, 5) is 0. The Balaban J connectivity index is 3.40. The van der Waals surface area contributed by atoms with Gasteiger partial charge in [0.1, 0.15) is 0 Å². The van der Waals surface area contributed by atoms with Gasteiger partial charge in [0.15, 0.2) is 0 Å². The molecule has 0 aliphatic rings. The Morgan fingerprint density at radius 2 is 0.750 bits per heavy atom. The Morgan fingerprint density at radius 1 is 0.458 bits per heavy atom. The molecule has 0 atom stereocenters. The van der Waals surface area contributed by atoms with Gasteiger partial charge in [0, 0.05) is 0 Å². The van der Waals surface area contributed by atoms with Gasteiger partial charge in [-0.3, -0.25) is 0 Å². The molecule has 0 nitrogen and oxygen atoms in total. The van der Waals surface area contributed by atoms with E-state index >= 15 is 0 Å². The van der Waals surface area contributed by atoms with Gasteiger partial charge in [-0.05, 0) is 0 Å². The van der Waals surface area contributed by atoms with E-state index < -0.39 is 5.96 Å². The molecule has 0 aromatic rings. The van der Waals surface area contributed by atoms with E-state index in [9.17, 15) is 0 Å². The van der Waals surface area contributed by atoms with Gasteiger partial charge in [-0.25, -0.2) is 0 Å². The van der Waals surface area contributed by atoms with Crippen molar-refractivity contribution in [2.75, 3.05) is 24.6 Å². The second-order valence-corrected chi connectivity index (χ2v) is 16.9. The molecule has 24 heavy (non-hydrogen) atoms. The monoisotopic (exact) mass is 378 g/mol. The van der Waals surface area contributed by atoms with Crippen LogP contribution in [0.1, 0.15) is 118 Å². The van der Waals surface area contributed by atoms with Crippen LogP contribution >= 0.6 is 17.2 Å². The molecule has 0 rings (SSSR count). The maximum absolute atomic E-state index is 7.13. The Hall–Kier alpha value is 0.720. The van der Waals surface area contributed by atoms with Crippen LogP contribution in [0, 0.1) is 0 Å². The fourth-order valence-corrected chi connectivity index (χ4v) is 7.51. The first kappa shape index (κ1) is 24.7. The Labute approximate surface area is 159 Å². The van der Waals surface area contributed by atoms with Crippen LogP contribution in [-0.4, -0.2) is 24.6 Å². The summed E-state index contributed by atoms with van der Waals surface area (Å²) in [5, 5.41) is 0. The van der Waals surface area contributed by atoms with E-state index in [-0.39, 0.29) is 0 Å². The number of halogens is 1. The molecular formula is C22H48ClP. The molecule has 2 heteroatoms. The third-order valence-corrected chi connectivity index (χ3v) is 15.3. The zero-order valence-electron chi connectivity index (χ0n) is 17.6. The minimum atomic E-state index is -1.82. The van der Waals surface area contributed by atoms with E-state index in [2.05, 4.69) is 27.7 Å². The van der Waals surface area contributed by atoms with Crippen LogP contribution in [-0.2, 0) is 0 Å². The van der Waals surface area contributed by atoms with Crippen molar-refractivity contribution in [1.29, 1.82) is 0 Å². The molecule has 0 N–H and O–H groups in total. The molecule has 0 aromatic carbocycles. The molecule has 0 unspecified atom stereocenters. The molecule has 0 saturated carbocycles. The summed E-state index contributed by atoms with van der Waals surface area (Å²) in [7, 11) is 0. The Bertz CT molecular complexity index is 262. The molecule has 0 fully saturated rings. The number of hydrogen-bond acceptors (Lipinski definition) is 0. The summed E-state index contributed by atoms with van der Waals surface area (Å²) >= 11 is 7.13. The standard InChI is InChI=1S/C22H48ClP/c1-5-9-10-11-12-13-14-15-16-17-18-19-20-21-22-24(23,6-2,7-3)8-4/h5-22H2,1-4H3. The van der Waals surface area contributed by atoms with Crippen molar-refractivity contribution in [2.45, 2.75) is 118 Å². The molecule has 0 bridgehead atoms. The van der Waals surface area contributed by atoms with E-state index in [1.807, 2.05) is 0 Å². The van der Waals surface area contributed by atoms with Crippen molar-refractivity contribution >= 4 is 17.2 Å². The van der Waals surface area contributed by atoms with Crippen LogP contribution in [0.3, 0.4) is 0 Å². The maximum atomic E-state index is 7.13. The van der Waals surface area contributed by atoms with Crippen LogP contribution < -0.4 is 0 Å². The topological polar surface area (TPSA) is 0 Å². The van der Waals surface area contributed by atoms with Crippen LogP contribution in [0.4, 0.5) is 0 Å². The normalized spacial score (nSPS) is 13.8. The fraction of sp³-hybridized carbons (Fsp3) is 1.00. The molecule has 0 aliphatic heterocycles. The van der Waals surface area contributed by atoms with E-state index in [0.29, 0.717) is 0 Å².